The summed E-state index contributed by atoms with van der Waals surface area (Å²) in [4.78, 5) is 0. The van der Waals surface area contributed by atoms with Gasteiger partial charge in [0.2, 0.25) is 0 Å². The smallest absolute Gasteiger partial charge is 0.279 e. The molecule has 0 saturated carbocycles. The van der Waals surface area contributed by atoms with Crippen LogP contribution < -0.4 is 10.0 Å². The van der Waals surface area contributed by atoms with Crippen LogP contribution in [0.25, 0.3) is 0 Å². The van der Waals surface area contributed by atoms with E-state index in [0.29, 0.717) is 37.4 Å². The summed E-state index contributed by atoms with van der Waals surface area (Å²) in [5, 5.41) is 3.37. The van der Waals surface area contributed by atoms with Crippen LogP contribution >= 0.6 is 0 Å². The lowest BCUT2D eigenvalue weighted by Crippen LogP contribution is -2.48. The van der Waals surface area contributed by atoms with Crippen LogP contribution in [-0.4, -0.2) is 45.4 Å². The lowest BCUT2D eigenvalue weighted by molar-refractivity contribution is 0.220. The molecule has 2 aliphatic heterocycles. The maximum absolute atomic E-state index is 12.3. The lowest BCUT2D eigenvalue weighted by atomic mass is 9.94. The molecule has 0 radical (unpaired) electrons. The Hall–Kier alpha value is -0.170. The van der Waals surface area contributed by atoms with Gasteiger partial charge >= 0.3 is 0 Å². The molecule has 0 spiro atoms. The molecule has 0 bridgehead atoms. The van der Waals surface area contributed by atoms with E-state index in [-0.39, 0.29) is 0 Å². The summed E-state index contributed by atoms with van der Waals surface area (Å²) in [6, 6.07) is 0. The molecule has 6 heteroatoms. The minimum Gasteiger partial charge on any atom is -0.316 e. The molecule has 0 aromatic carbocycles. The molecule has 0 aliphatic carbocycles. The molecule has 2 saturated heterocycles. The number of rotatable bonds is 5. The average Bonchev–Trinajstić information content (AvgIpc) is 2.38. The maximum atomic E-state index is 12.3. The van der Waals surface area contributed by atoms with E-state index >= 15 is 0 Å². The van der Waals surface area contributed by atoms with Gasteiger partial charge < -0.3 is 5.32 Å². The van der Waals surface area contributed by atoms with Crippen molar-refractivity contribution in [2.75, 3.05) is 32.7 Å². The Balaban J connectivity index is 1.78. The van der Waals surface area contributed by atoms with Crippen molar-refractivity contribution in [3.63, 3.8) is 0 Å². The van der Waals surface area contributed by atoms with Crippen LogP contribution in [0.1, 0.15) is 39.5 Å². The van der Waals surface area contributed by atoms with Crippen LogP contribution in [0.3, 0.4) is 0 Å². The Morgan fingerprint density at radius 2 is 1.95 bits per heavy atom. The third-order valence-electron chi connectivity index (χ3n) is 4.41. The van der Waals surface area contributed by atoms with Gasteiger partial charge in [-0.05, 0) is 56.5 Å². The van der Waals surface area contributed by atoms with E-state index in [1.807, 2.05) is 0 Å². The predicted octanol–water partition coefficient (Wildman–Crippen LogP) is 1.19. The van der Waals surface area contributed by atoms with E-state index in [2.05, 4.69) is 23.9 Å². The highest BCUT2D eigenvalue weighted by molar-refractivity contribution is 7.87. The minimum absolute atomic E-state index is 0.456. The highest BCUT2D eigenvalue weighted by atomic mass is 32.2. The van der Waals surface area contributed by atoms with E-state index in [1.54, 1.807) is 4.31 Å². The summed E-state index contributed by atoms with van der Waals surface area (Å²) in [5.74, 6) is 1.53. The zero-order valence-corrected chi connectivity index (χ0v) is 13.6. The van der Waals surface area contributed by atoms with Gasteiger partial charge in [0.15, 0.2) is 0 Å². The molecule has 5 nitrogen and oxygen atoms in total. The summed E-state index contributed by atoms with van der Waals surface area (Å²) in [5.41, 5.74) is 0. The van der Waals surface area contributed by atoms with Gasteiger partial charge in [-0.25, -0.2) is 4.72 Å². The molecule has 3 unspecified atom stereocenters. The van der Waals surface area contributed by atoms with Gasteiger partial charge in [-0.15, -0.1) is 0 Å². The van der Waals surface area contributed by atoms with Crippen molar-refractivity contribution in [2.24, 2.45) is 17.8 Å². The highest BCUT2D eigenvalue weighted by Crippen LogP contribution is 2.22. The number of nitrogens with zero attached hydrogens (tertiary/aromatic N) is 1. The van der Waals surface area contributed by atoms with Gasteiger partial charge in [-0.3, -0.25) is 0 Å². The van der Waals surface area contributed by atoms with Crippen molar-refractivity contribution in [3.8, 4) is 0 Å². The second kappa shape index (κ2) is 7.20. The van der Waals surface area contributed by atoms with Crippen LogP contribution in [0.5, 0.6) is 0 Å². The molecular formula is C14H29N3O2S. The number of piperidine rings is 2. The Labute approximate surface area is 123 Å². The Kier molecular flexibility index (Phi) is 5.84. The van der Waals surface area contributed by atoms with E-state index < -0.39 is 10.2 Å². The Morgan fingerprint density at radius 3 is 2.55 bits per heavy atom. The van der Waals surface area contributed by atoms with E-state index in [0.717, 1.165) is 25.9 Å². The van der Waals surface area contributed by atoms with E-state index in [9.17, 15) is 8.42 Å². The normalized spacial score (nSPS) is 33.2. The third-order valence-corrected chi connectivity index (χ3v) is 5.96. The van der Waals surface area contributed by atoms with Gasteiger partial charge in [-0.2, -0.15) is 12.7 Å². The fourth-order valence-electron chi connectivity index (χ4n) is 3.46. The molecule has 3 atom stereocenters. The lowest BCUT2D eigenvalue weighted by Gasteiger charge is -2.34. The van der Waals surface area contributed by atoms with Crippen molar-refractivity contribution in [3.05, 3.63) is 0 Å². The number of hydrogen-bond donors (Lipinski definition) is 2. The number of hydrogen-bond acceptors (Lipinski definition) is 3. The fourth-order valence-corrected chi connectivity index (χ4v) is 4.92. The van der Waals surface area contributed by atoms with Crippen molar-refractivity contribution in [1.29, 1.82) is 0 Å². The van der Waals surface area contributed by atoms with Crippen molar-refractivity contribution < 1.29 is 8.42 Å². The standard InChI is InChI=1S/C14H29N3O2S/c1-12-8-13(2)11-17(10-12)20(18,19)16-7-5-14-4-3-6-15-9-14/h12-16H,3-11H2,1-2H3. The minimum atomic E-state index is -3.29. The molecule has 0 amide bonds. The van der Waals surface area contributed by atoms with Gasteiger partial charge in [0, 0.05) is 19.6 Å². The summed E-state index contributed by atoms with van der Waals surface area (Å²) in [6.45, 7) is 8.27. The summed E-state index contributed by atoms with van der Waals surface area (Å²) >= 11 is 0. The molecule has 20 heavy (non-hydrogen) atoms. The maximum Gasteiger partial charge on any atom is 0.279 e. The SMILES string of the molecule is CC1CC(C)CN(S(=O)(=O)NCCC2CCCNC2)C1. The molecule has 0 aromatic rings. The zero-order valence-electron chi connectivity index (χ0n) is 12.8. The molecule has 2 heterocycles. The molecule has 0 aromatic heterocycles. The second-order valence-corrected chi connectivity index (χ2v) is 8.42. The monoisotopic (exact) mass is 303 g/mol. The first-order valence-corrected chi connectivity index (χ1v) is 9.37. The third kappa shape index (κ3) is 4.69. The predicted molar refractivity (Wildman–Crippen MR) is 81.7 cm³/mol. The first-order valence-electron chi connectivity index (χ1n) is 7.93. The molecule has 2 aliphatic rings. The van der Waals surface area contributed by atoms with Crippen LogP contribution in [0.15, 0.2) is 0 Å². The largest absolute Gasteiger partial charge is 0.316 e. The zero-order chi connectivity index (χ0) is 14.6. The first-order chi connectivity index (χ1) is 9.47. The summed E-state index contributed by atoms with van der Waals surface area (Å²) in [7, 11) is -3.29. The van der Waals surface area contributed by atoms with Gasteiger partial charge in [-0.1, -0.05) is 13.8 Å². The van der Waals surface area contributed by atoms with E-state index in [4.69, 9.17) is 0 Å². The van der Waals surface area contributed by atoms with Gasteiger partial charge in [0.05, 0.1) is 0 Å². The van der Waals surface area contributed by atoms with Crippen molar-refractivity contribution >= 4 is 10.2 Å². The second-order valence-electron chi connectivity index (χ2n) is 6.66. The van der Waals surface area contributed by atoms with Gasteiger partial charge in [0.1, 0.15) is 0 Å². The molecule has 2 rings (SSSR count). The average molecular weight is 303 g/mol. The van der Waals surface area contributed by atoms with Crippen molar-refractivity contribution in [1.82, 2.24) is 14.3 Å². The topological polar surface area (TPSA) is 61.4 Å². The molecule has 118 valence electrons. The van der Waals surface area contributed by atoms with Crippen LogP contribution in [0, 0.1) is 17.8 Å². The first kappa shape index (κ1) is 16.2. The summed E-state index contributed by atoms with van der Waals surface area (Å²) in [6.07, 6.45) is 4.48. The molecule has 2 fully saturated rings. The van der Waals surface area contributed by atoms with Crippen LogP contribution in [0.4, 0.5) is 0 Å². The van der Waals surface area contributed by atoms with E-state index in [1.165, 1.54) is 12.8 Å². The summed E-state index contributed by atoms with van der Waals surface area (Å²) < 4.78 is 29.1. The molecular weight excluding hydrogens is 274 g/mol. The van der Waals surface area contributed by atoms with Crippen LogP contribution in [-0.2, 0) is 10.2 Å². The molecule has 2 N–H and O–H groups in total. The quantitative estimate of drug-likeness (QED) is 0.802. The Morgan fingerprint density at radius 1 is 1.25 bits per heavy atom. The highest BCUT2D eigenvalue weighted by Gasteiger charge is 2.30. The Bertz CT molecular complexity index is 383. The number of nitrogens with one attached hydrogen (secondary N) is 2. The van der Waals surface area contributed by atoms with Crippen molar-refractivity contribution in [2.45, 2.75) is 39.5 Å². The van der Waals surface area contributed by atoms with Crippen LogP contribution in [0.2, 0.25) is 0 Å². The fraction of sp³-hybridized carbons (Fsp3) is 1.00. The van der Waals surface area contributed by atoms with Gasteiger partial charge in [0.25, 0.3) is 10.2 Å².